The van der Waals surface area contributed by atoms with Gasteiger partial charge in [0.05, 0.1) is 11.4 Å². The van der Waals surface area contributed by atoms with Gasteiger partial charge in [0.1, 0.15) is 5.52 Å². The van der Waals surface area contributed by atoms with E-state index in [9.17, 15) is 8.42 Å². The zero-order chi connectivity index (χ0) is 16.9. The molecule has 0 amide bonds. The smallest absolute Gasteiger partial charge is 0.238 e. The number of oxazole rings is 1. The van der Waals surface area contributed by atoms with Gasteiger partial charge in [0, 0.05) is 11.7 Å². The topological polar surface area (TPSA) is 89.4 Å². The first-order valence-corrected chi connectivity index (χ1v) is 9.23. The van der Waals surface area contributed by atoms with Crippen LogP contribution in [0.4, 0.5) is 5.69 Å². The number of para-hydroxylation sites is 2. The van der Waals surface area contributed by atoms with Crippen LogP contribution < -0.4 is 10.0 Å². The van der Waals surface area contributed by atoms with Gasteiger partial charge in [0.2, 0.25) is 15.9 Å². The highest BCUT2D eigenvalue weighted by Gasteiger charge is 2.28. The Kier molecular flexibility index (Phi) is 3.36. The van der Waals surface area contributed by atoms with E-state index < -0.39 is 10.0 Å². The van der Waals surface area contributed by atoms with Gasteiger partial charge in [-0.25, -0.2) is 18.5 Å². The number of primary sulfonamides is 1. The zero-order valence-electron chi connectivity index (χ0n) is 13.1. The standard InChI is InChI=1S/C17H17N3O3S/c1-11-8-12-9-13(24(18,21)22)6-7-15(12)20(11)10-17-19-14-4-2-3-5-16(14)23-17/h2-7,9,11H,8,10H2,1H3,(H2,18,21,22). The lowest BCUT2D eigenvalue weighted by Crippen LogP contribution is -2.28. The number of rotatable bonds is 3. The Morgan fingerprint density at radius 1 is 1.29 bits per heavy atom. The van der Waals surface area contributed by atoms with E-state index in [2.05, 4.69) is 16.8 Å². The van der Waals surface area contributed by atoms with Crippen molar-refractivity contribution >= 4 is 26.8 Å². The van der Waals surface area contributed by atoms with Gasteiger partial charge in [0.15, 0.2) is 5.58 Å². The molecule has 6 nitrogen and oxygen atoms in total. The number of aromatic nitrogens is 1. The SMILES string of the molecule is CC1Cc2cc(S(N)(=O)=O)ccc2N1Cc1nc2ccccc2o1. The van der Waals surface area contributed by atoms with E-state index in [0.29, 0.717) is 12.4 Å². The van der Waals surface area contributed by atoms with Crippen LogP contribution in [0.25, 0.3) is 11.1 Å². The first-order valence-electron chi connectivity index (χ1n) is 7.68. The van der Waals surface area contributed by atoms with E-state index in [1.807, 2.05) is 24.3 Å². The van der Waals surface area contributed by atoms with Crippen LogP contribution >= 0.6 is 0 Å². The van der Waals surface area contributed by atoms with Crippen molar-refractivity contribution in [1.82, 2.24) is 4.98 Å². The molecule has 1 aromatic heterocycles. The Morgan fingerprint density at radius 3 is 2.83 bits per heavy atom. The monoisotopic (exact) mass is 343 g/mol. The summed E-state index contributed by atoms with van der Waals surface area (Å²) in [4.78, 5) is 6.84. The molecule has 2 aromatic carbocycles. The van der Waals surface area contributed by atoms with Crippen molar-refractivity contribution < 1.29 is 12.8 Å². The normalized spacial score (nSPS) is 17.4. The molecule has 24 heavy (non-hydrogen) atoms. The second kappa shape index (κ2) is 5.32. The Hall–Kier alpha value is -2.38. The summed E-state index contributed by atoms with van der Waals surface area (Å²) in [6.45, 7) is 2.64. The molecule has 2 N–H and O–H groups in total. The molecule has 2 heterocycles. The van der Waals surface area contributed by atoms with E-state index in [0.717, 1.165) is 28.8 Å². The number of nitrogens with zero attached hydrogens (tertiary/aromatic N) is 2. The summed E-state index contributed by atoms with van der Waals surface area (Å²) in [5.41, 5.74) is 3.58. The molecule has 0 radical (unpaired) electrons. The van der Waals surface area contributed by atoms with Crippen LogP contribution in [0, 0.1) is 0 Å². The molecule has 0 saturated heterocycles. The molecule has 7 heteroatoms. The minimum absolute atomic E-state index is 0.150. The van der Waals surface area contributed by atoms with Crippen molar-refractivity contribution in [3.05, 3.63) is 53.9 Å². The summed E-state index contributed by atoms with van der Waals surface area (Å²) < 4.78 is 28.9. The first-order chi connectivity index (χ1) is 11.4. The number of sulfonamides is 1. The van der Waals surface area contributed by atoms with Crippen LogP contribution in [0.5, 0.6) is 0 Å². The fourth-order valence-corrected chi connectivity index (χ4v) is 3.79. The molecule has 1 atom stereocenters. The molecule has 0 bridgehead atoms. The minimum atomic E-state index is -3.68. The van der Waals surface area contributed by atoms with Gasteiger partial charge in [-0.2, -0.15) is 0 Å². The van der Waals surface area contributed by atoms with Crippen molar-refractivity contribution in [3.63, 3.8) is 0 Å². The van der Waals surface area contributed by atoms with Gasteiger partial charge in [0.25, 0.3) is 0 Å². The largest absolute Gasteiger partial charge is 0.439 e. The van der Waals surface area contributed by atoms with Crippen LogP contribution in [0.3, 0.4) is 0 Å². The Labute approximate surface area is 139 Å². The Morgan fingerprint density at radius 2 is 2.08 bits per heavy atom. The van der Waals surface area contributed by atoms with E-state index >= 15 is 0 Å². The lowest BCUT2D eigenvalue weighted by molar-refractivity contribution is 0.508. The molecular formula is C17H17N3O3S. The number of fused-ring (bicyclic) bond motifs is 2. The molecular weight excluding hydrogens is 326 g/mol. The van der Waals surface area contributed by atoms with Crippen molar-refractivity contribution in [1.29, 1.82) is 0 Å². The van der Waals surface area contributed by atoms with Crippen molar-refractivity contribution in [2.75, 3.05) is 4.90 Å². The molecule has 0 fully saturated rings. The third-order valence-electron chi connectivity index (χ3n) is 4.38. The van der Waals surface area contributed by atoms with Gasteiger partial charge in [-0.05, 0) is 49.2 Å². The fraction of sp³-hybridized carbons (Fsp3) is 0.235. The van der Waals surface area contributed by atoms with Crippen molar-refractivity contribution in [2.24, 2.45) is 5.14 Å². The van der Waals surface area contributed by atoms with Crippen LogP contribution in [0.15, 0.2) is 51.8 Å². The Bertz CT molecular complexity index is 993. The lowest BCUT2D eigenvalue weighted by atomic mass is 10.1. The predicted octanol–water partition coefficient (Wildman–Crippen LogP) is 2.43. The summed E-state index contributed by atoms with van der Waals surface area (Å²) in [6.07, 6.45) is 0.763. The van der Waals surface area contributed by atoms with E-state index in [1.54, 1.807) is 18.2 Å². The molecule has 1 unspecified atom stereocenters. The summed E-state index contributed by atoms with van der Waals surface area (Å²) in [5, 5.41) is 5.22. The predicted molar refractivity (Wildman–Crippen MR) is 91.2 cm³/mol. The van der Waals surface area contributed by atoms with Gasteiger partial charge >= 0.3 is 0 Å². The quantitative estimate of drug-likeness (QED) is 0.789. The number of hydrogen-bond acceptors (Lipinski definition) is 5. The highest BCUT2D eigenvalue weighted by molar-refractivity contribution is 7.89. The Balaban J connectivity index is 1.68. The molecule has 124 valence electrons. The van der Waals surface area contributed by atoms with Crippen LogP contribution in [-0.4, -0.2) is 19.4 Å². The summed E-state index contributed by atoms with van der Waals surface area (Å²) >= 11 is 0. The van der Waals surface area contributed by atoms with Crippen LogP contribution in [-0.2, 0) is 23.0 Å². The number of benzene rings is 2. The highest BCUT2D eigenvalue weighted by atomic mass is 32.2. The molecule has 0 saturated carbocycles. The number of hydrogen-bond donors (Lipinski definition) is 1. The maximum Gasteiger partial charge on any atom is 0.238 e. The lowest BCUT2D eigenvalue weighted by Gasteiger charge is -2.23. The van der Waals surface area contributed by atoms with E-state index in [1.165, 1.54) is 0 Å². The average molecular weight is 343 g/mol. The molecule has 4 rings (SSSR count). The summed E-state index contributed by atoms with van der Waals surface area (Å²) in [6, 6.07) is 12.9. The van der Waals surface area contributed by atoms with Gasteiger partial charge in [-0.3, -0.25) is 0 Å². The maximum absolute atomic E-state index is 11.5. The first kappa shape index (κ1) is 15.2. The van der Waals surface area contributed by atoms with Crippen LogP contribution in [0.1, 0.15) is 18.4 Å². The molecule has 3 aromatic rings. The van der Waals surface area contributed by atoms with Crippen LogP contribution in [0.2, 0.25) is 0 Å². The number of nitrogens with two attached hydrogens (primary N) is 1. The molecule has 1 aliphatic heterocycles. The third-order valence-corrected chi connectivity index (χ3v) is 5.29. The molecule has 0 aliphatic carbocycles. The van der Waals surface area contributed by atoms with Crippen molar-refractivity contribution in [2.45, 2.75) is 30.8 Å². The summed E-state index contributed by atoms with van der Waals surface area (Å²) in [5.74, 6) is 0.645. The van der Waals surface area contributed by atoms with Gasteiger partial charge in [-0.15, -0.1) is 0 Å². The second-order valence-electron chi connectivity index (χ2n) is 6.09. The second-order valence-corrected chi connectivity index (χ2v) is 7.65. The molecule has 1 aliphatic rings. The fourth-order valence-electron chi connectivity index (χ4n) is 3.22. The van der Waals surface area contributed by atoms with Gasteiger partial charge < -0.3 is 9.32 Å². The third kappa shape index (κ3) is 2.55. The summed E-state index contributed by atoms with van der Waals surface area (Å²) in [7, 11) is -3.68. The number of anilines is 1. The minimum Gasteiger partial charge on any atom is -0.439 e. The van der Waals surface area contributed by atoms with Crippen molar-refractivity contribution in [3.8, 4) is 0 Å². The zero-order valence-corrected chi connectivity index (χ0v) is 14.0. The maximum atomic E-state index is 11.5. The average Bonchev–Trinajstić information content (AvgIpc) is 3.07. The highest BCUT2D eigenvalue weighted by Crippen LogP contribution is 2.35. The van der Waals surface area contributed by atoms with Gasteiger partial charge in [-0.1, -0.05) is 12.1 Å². The molecule has 0 spiro atoms. The van der Waals surface area contributed by atoms with E-state index in [-0.39, 0.29) is 10.9 Å². The van der Waals surface area contributed by atoms with E-state index in [4.69, 9.17) is 9.56 Å².